The van der Waals surface area contributed by atoms with Crippen LogP contribution >= 0.6 is 11.3 Å². The first-order valence-corrected chi connectivity index (χ1v) is 12.8. The normalized spacial score (nSPS) is 19.6. The number of piperidine rings is 1. The average molecular weight is 466 g/mol. The van der Waals surface area contributed by atoms with Crippen molar-refractivity contribution in [3.05, 3.63) is 57.8 Å². The number of hydrogen-bond donors (Lipinski definition) is 1. The van der Waals surface area contributed by atoms with Crippen molar-refractivity contribution < 1.29 is 14.4 Å². The number of carbonyl (C=O) groups is 3. The molecule has 2 saturated heterocycles. The quantitative estimate of drug-likeness (QED) is 0.738. The van der Waals surface area contributed by atoms with E-state index < -0.39 is 0 Å². The fourth-order valence-electron chi connectivity index (χ4n) is 5.72. The first-order valence-electron chi connectivity index (χ1n) is 12.0. The van der Waals surface area contributed by atoms with E-state index in [2.05, 4.69) is 29.6 Å². The molecule has 0 radical (unpaired) electrons. The number of thiophene rings is 1. The van der Waals surface area contributed by atoms with Crippen LogP contribution in [0, 0.1) is 11.3 Å². The molecule has 174 valence electrons. The lowest BCUT2D eigenvalue weighted by Crippen LogP contribution is -2.46. The second-order valence-electron chi connectivity index (χ2n) is 9.85. The summed E-state index contributed by atoms with van der Waals surface area (Å²) in [5, 5.41) is 4.60. The number of fused-ring (bicyclic) bond motifs is 1. The Bertz CT molecular complexity index is 1000. The maximum absolute atomic E-state index is 12.9. The zero-order valence-electron chi connectivity index (χ0n) is 18.9. The minimum Gasteiger partial charge on any atom is -0.343 e. The van der Waals surface area contributed by atoms with Crippen molar-refractivity contribution in [2.75, 3.05) is 32.7 Å². The lowest BCUT2D eigenvalue weighted by atomic mass is 9.77. The highest BCUT2D eigenvalue weighted by Gasteiger charge is 2.42. The average Bonchev–Trinajstić information content (AvgIpc) is 3.57. The minimum atomic E-state index is -0.190. The van der Waals surface area contributed by atoms with E-state index in [0.29, 0.717) is 17.2 Å². The second kappa shape index (κ2) is 9.29. The maximum Gasteiger partial charge on any atom is 0.261 e. The molecule has 0 saturated carbocycles. The van der Waals surface area contributed by atoms with E-state index in [1.54, 1.807) is 6.07 Å². The molecule has 6 nitrogen and oxygen atoms in total. The highest BCUT2D eigenvalue weighted by Crippen LogP contribution is 2.40. The summed E-state index contributed by atoms with van der Waals surface area (Å²) >= 11 is 1.37. The molecule has 5 rings (SSSR count). The molecule has 7 heteroatoms. The lowest BCUT2D eigenvalue weighted by Gasteiger charge is -2.39. The van der Waals surface area contributed by atoms with Crippen LogP contribution in [0.3, 0.4) is 0 Å². The molecule has 2 aromatic rings. The van der Waals surface area contributed by atoms with Gasteiger partial charge < -0.3 is 15.1 Å². The standard InChI is InChI=1S/C26H31N3O3S/c30-23(16-19-14-20-4-1-2-5-21(20)15-19)28-10-7-26(8-11-28)9-12-29(18-26)24(31)17-27-25(32)22-6-3-13-33-22/h1-6,13,19H,7-12,14-18H2,(H,27,32). The first kappa shape index (κ1) is 22.1. The van der Waals surface area contributed by atoms with Crippen molar-refractivity contribution in [1.82, 2.24) is 15.1 Å². The van der Waals surface area contributed by atoms with Gasteiger partial charge in [-0.05, 0) is 66.0 Å². The topological polar surface area (TPSA) is 69.7 Å². The molecule has 3 amide bonds. The zero-order chi connectivity index (χ0) is 22.8. The lowest BCUT2D eigenvalue weighted by molar-refractivity contribution is -0.135. The van der Waals surface area contributed by atoms with Gasteiger partial charge in [-0.15, -0.1) is 11.3 Å². The predicted octanol–water partition coefficient (Wildman–Crippen LogP) is 3.12. The Morgan fingerprint density at radius 2 is 1.58 bits per heavy atom. The number of nitrogens with one attached hydrogen (secondary N) is 1. The second-order valence-corrected chi connectivity index (χ2v) is 10.8. The third kappa shape index (κ3) is 4.83. The number of amides is 3. The molecule has 0 atom stereocenters. The Kier molecular flexibility index (Phi) is 6.23. The molecule has 1 aliphatic carbocycles. The highest BCUT2D eigenvalue weighted by molar-refractivity contribution is 7.12. The molecule has 3 aliphatic rings. The summed E-state index contributed by atoms with van der Waals surface area (Å²) in [5.74, 6) is 0.500. The SMILES string of the molecule is O=C(NCC(=O)N1CCC2(CCN(C(=O)CC3Cc4ccccc4C3)CC2)C1)c1cccs1. The Hall–Kier alpha value is -2.67. The van der Waals surface area contributed by atoms with Crippen LogP contribution in [0.4, 0.5) is 0 Å². The van der Waals surface area contributed by atoms with Crippen molar-refractivity contribution in [2.24, 2.45) is 11.3 Å². The molecule has 2 aliphatic heterocycles. The summed E-state index contributed by atoms with van der Waals surface area (Å²) in [4.78, 5) is 42.3. The highest BCUT2D eigenvalue weighted by atomic mass is 32.1. The van der Waals surface area contributed by atoms with Gasteiger partial charge in [-0.2, -0.15) is 0 Å². The fraction of sp³-hybridized carbons (Fsp3) is 0.500. The van der Waals surface area contributed by atoms with E-state index in [9.17, 15) is 14.4 Å². The summed E-state index contributed by atoms with van der Waals surface area (Å²) < 4.78 is 0. The third-order valence-corrected chi connectivity index (χ3v) is 8.58. The molecule has 1 N–H and O–H groups in total. The Balaban J connectivity index is 1.07. The Morgan fingerprint density at radius 3 is 2.21 bits per heavy atom. The van der Waals surface area contributed by atoms with Crippen LogP contribution in [0.15, 0.2) is 41.8 Å². The van der Waals surface area contributed by atoms with Crippen molar-refractivity contribution in [1.29, 1.82) is 0 Å². The number of rotatable bonds is 5. The van der Waals surface area contributed by atoms with Gasteiger partial charge in [0.15, 0.2) is 0 Å². The molecule has 2 fully saturated rings. The van der Waals surface area contributed by atoms with E-state index in [1.807, 2.05) is 21.2 Å². The number of hydrogen-bond acceptors (Lipinski definition) is 4. The van der Waals surface area contributed by atoms with Crippen LogP contribution in [0.25, 0.3) is 0 Å². The van der Waals surface area contributed by atoms with E-state index in [1.165, 1.54) is 22.5 Å². The number of carbonyl (C=O) groups excluding carboxylic acids is 3. The van der Waals surface area contributed by atoms with Gasteiger partial charge in [0, 0.05) is 32.6 Å². The van der Waals surface area contributed by atoms with Gasteiger partial charge in [0.2, 0.25) is 11.8 Å². The Labute approximate surface area is 199 Å². The van der Waals surface area contributed by atoms with Crippen molar-refractivity contribution in [3.63, 3.8) is 0 Å². The van der Waals surface area contributed by atoms with Gasteiger partial charge in [0.1, 0.15) is 0 Å². The van der Waals surface area contributed by atoms with Gasteiger partial charge in [0.05, 0.1) is 11.4 Å². The molecular formula is C26H31N3O3S. The summed E-state index contributed by atoms with van der Waals surface area (Å²) in [6.07, 6.45) is 5.55. The fourth-order valence-corrected chi connectivity index (χ4v) is 6.36. The molecule has 1 spiro atoms. The van der Waals surface area contributed by atoms with E-state index in [4.69, 9.17) is 0 Å². The molecule has 33 heavy (non-hydrogen) atoms. The smallest absolute Gasteiger partial charge is 0.261 e. The summed E-state index contributed by atoms with van der Waals surface area (Å²) in [7, 11) is 0. The number of likely N-dealkylation sites (tertiary alicyclic amines) is 2. The van der Waals surface area contributed by atoms with Crippen LogP contribution in [-0.2, 0) is 22.4 Å². The molecule has 0 unspecified atom stereocenters. The third-order valence-electron chi connectivity index (χ3n) is 7.71. The molecular weight excluding hydrogens is 434 g/mol. The van der Waals surface area contributed by atoms with E-state index >= 15 is 0 Å². The molecule has 1 aromatic carbocycles. The maximum atomic E-state index is 12.9. The molecule has 0 bridgehead atoms. The van der Waals surface area contributed by atoms with Crippen LogP contribution in [0.1, 0.15) is 46.5 Å². The van der Waals surface area contributed by atoms with Gasteiger partial charge in [-0.25, -0.2) is 0 Å². The van der Waals surface area contributed by atoms with Gasteiger partial charge in [0.25, 0.3) is 5.91 Å². The summed E-state index contributed by atoms with van der Waals surface area (Å²) in [6.45, 7) is 3.09. The molecule has 3 heterocycles. The zero-order valence-corrected chi connectivity index (χ0v) is 19.7. The number of benzene rings is 1. The summed E-state index contributed by atoms with van der Waals surface area (Å²) in [6, 6.07) is 12.1. The van der Waals surface area contributed by atoms with E-state index in [0.717, 1.165) is 58.3 Å². The van der Waals surface area contributed by atoms with Crippen molar-refractivity contribution >= 4 is 29.1 Å². The number of nitrogens with zero attached hydrogens (tertiary/aromatic N) is 2. The van der Waals surface area contributed by atoms with Crippen LogP contribution in [0.5, 0.6) is 0 Å². The van der Waals surface area contributed by atoms with Crippen molar-refractivity contribution in [2.45, 2.75) is 38.5 Å². The van der Waals surface area contributed by atoms with E-state index in [-0.39, 0.29) is 29.7 Å². The van der Waals surface area contributed by atoms with Gasteiger partial charge in [-0.1, -0.05) is 30.3 Å². The van der Waals surface area contributed by atoms with Crippen LogP contribution in [-0.4, -0.2) is 60.2 Å². The monoisotopic (exact) mass is 465 g/mol. The Morgan fingerprint density at radius 1 is 0.909 bits per heavy atom. The molecule has 1 aromatic heterocycles. The first-order chi connectivity index (χ1) is 16.0. The van der Waals surface area contributed by atoms with Crippen molar-refractivity contribution in [3.8, 4) is 0 Å². The van der Waals surface area contributed by atoms with Gasteiger partial charge >= 0.3 is 0 Å². The van der Waals surface area contributed by atoms with Crippen LogP contribution < -0.4 is 5.32 Å². The minimum absolute atomic E-state index is 0.0175. The summed E-state index contributed by atoms with van der Waals surface area (Å²) in [5.41, 5.74) is 2.92. The predicted molar refractivity (Wildman–Crippen MR) is 128 cm³/mol. The largest absolute Gasteiger partial charge is 0.343 e. The van der Waals surface area contributed by atoms with Gasteiger partial charge in [-0.3, -0.25) is 14.4 Å². The van der Waals surface area contributed by atoms with Crippen LogP contribution in [0.2, 0.25) is 0 Å².